The van der Waals surface area contributed by atoms with Crippen molar-refractivity contribution in [2.24, 2.45) is 0 Å². The lowest BCUT2D eigenvalue weighted by atomic mass is 11.0. The van der Waals surface area contributed by atoms with Gasteiger partial charge in [-0.2, -0.15) is 8.42 Å². The molecule has 0 aromatic carbocycles. The fourth-order valence-electron chi connectivity index (χ4n) is 0.319. The molecule has 4 nitrogen and oxygen atoms in total. The molecule has 0 spiro atoms. The Labute approximate surface area is 46.3 Å². The predicted molar refractivity (Wildman–Crippen MR) is 25.2 cm³/mol. The van der Waals surface area contributed by atoms with E-state index in [9.17, 15) is 8.42 Å². The maximum Gasteiger partial charge on any atom is 0.321 e. The van der Waals surface area contributed by atoms with Crippen molar-refractivity contribution in [3.05, 3.63) is 17.3 Å². The van der Waals surface area contributed by atoms with E-state index >= 15 is 0 Å². The average Bonchev–Trinajstić information content (AvgIpc) is 2.12. The third-order valence-corrected chi connectivity index (χ3v) is 1.11. The summed E-state index contributed by atoms with van der Waals surface area (Å²) in [6.45, 7) is 0. The second kappa shape index (κ2) is 1.87. The van der Waals surface area contributed by atoms with Gasteiger partial charge < -0.3 is 9.40 Å². The maximum absolute atomic E-state index is 9.94. The Morgan fingerprint density at radius 2 is 2.38 bits per heavy atom. The minimum absolute atomic E-state index is 0.148. The van der Waals surface area contributed by atoms with E-state index < -0.39 is 10.3 Å². The molecule has 0 atom stereocenters. The van der Waals surface area contributed by atoms with Gasteiger partial charge in [0.1, 0.15) is 6.26 Å². The summed E-state index contributed by atoms with van der Waals surface area (Å²) in [6, 6.07) is 0. The summed E-state index contributed by atoms with van der Waals surface area (Å²) >= 11 is 0. The zero-order valence-corrected chi connectivity index (χ0v) is 4.60. The highest BCUT2D eigenvalue weighted by atomic mass is 32.2. The van der Waals surface area contributed by atoms with Crippen LogP contribution < -0.4 is 0 Å². The quantitative estimate of drug-likeness (QED) is 0.507. The Balaban J connectivity index is 3.78. The van der Waals surface area contributed by atoms with E-state index in [-0.39, 0.29) is 4.84 Å². The molecule has 0 radical (unpaired) electrons. The van der Waals surface area contributed by atoms with Crippen molar-refractivity contribution in [1.82, 2.24) is 4.98 Å². The van der Waals surface area contributed by atoms with Crippen LogP contribution in [0.5, 0.6) is 0 Å². The first-order chi connectivity index (χ1) is 3.80. The Kier molecular flexibility index (Phi) is 1.21. The molecule has 0 unspecified atom stereocenters. The Bertz CT molecular complexity index is 292. The second-order valence-electron chi connectivity index (χ2n) is 1.09. The van der Waals surface area contributed by atoms with Crippen LogP contribution in [-0.2, 0) is 10.3 Å². The number of aromatic nitrogens is 1. The molecule has 0 aliphatic carbocycles. The van der Waals surface area contributed by atoms with Crippen LogP contribution in [0.2, 0.25) is 0 Å². The number of rotatable bonds is 0. The van der Waals surface area contributed by atoms with Crippen molar-refractivity contribution in [3.8, 4) is 0 Å². The summed E-state index contributed by atoms with van der Waals surface area (Å²) < 4.78 is 24.3. The summed E-state index contributed by atoms with van der Waals surface area (Å²) in [5, 5.41) is 0. The van der Waals surface area contributed by atoms with E-state index in [2.05, 4.69) is 9.40 Å². The number of hydrogen-bond donors (Lipinski definition) is 1. The molecule has 1 aromatic rings. The Morgan fingerprint density at radius 1 is 1.62 bits per heavy atom. The van der Waals surface area contributed by atoms with Crippen LogP contribution in [0, 0.1) is 4.84 Å². The van der Waals surface area contributed by atoms with E-state index in [0.29, 0.717) is 0 Å². The topological polar surface area (TPSA) is 63.1 Å². The molecular weight excluding hydrogens is 130 g/mol. The largest absolute Gasteiger partial charge is 0.435 e. The standard InChI is InChI=1S/C3H3NO3S/c5-8(6)3-4-1-2-7-3/h1-2,4H. The van der Waals surface area contributed by atoms with Gasteiger partial charge in [-0.05, 0) is 0 Å². The molecule has 5 heteroatoms. The van der Waals surface area contributed by atoms with Gasteiger partial charge in [0.25, 0.3) is 10.3 Å². The number of nitrogens with one attached hydrogen (secondary N) is 1. The van der Waals surface area contributed by atoms with Crippen LogP contribution in [0.1, 0.15) is 0 Å². The molecule has 0 aliphatic rings. The highest BCUT2D eigenvalue weighted by molar-refractivity contribution is 7.63. The molecule has 1 heterocycles. The van der Waals surface area contributed by atoms with Crippen molar-refractivity contribution >= 4 is 10.3 Å². The monoisotopic (exact) mass is 133 g/mol. The molecule has 0 saturated carbocycles. The molecule has 8 heavy (non-hydrogen) atoms. The van der Waals surface area contributed by atoms with Crippen molar-refractivity contribution in [1.29, 1.82) is 0 Å². The summed E-state index contributed by atoms with van der Waals surface area (Å²) in [5.41, 5.74) is 0. The van der Waals surface area contributed by atoms with Crippen LogP contribution >= 0.6 is 0 Å². The fraction of sp³-hybridized carbons (Fsp3) is 0. The van der Waals surface area contributed by atoms with Crippen LogP contribution in [0.4, 0.5) is 0 Å². The van der Waals surface area contributed by atoms with E-state index in [1.165, 1.54) is 12.5 Å². The van der Waals surface area contributed by atoms with Gasteiger partial charge in [-0.1, -0.05) is 0 Å². The van der Waals surface area contributed by atoms with Crippen LogP contribution in [0.15, 0.2) is 16.9 Å². The molecule has 0 saturated heterocycles. The number of oxazole rings is 1. The number of hydrogen-bond acceptors (Lipinski definition) is 3. The van der Waals surface area contributed by atoms with Gasteiger partial charge in [-0.15, -0.1) is 0 Å². The Hall–Kier alpha value is -0.970. The molecule has 0 fully saturated rings. The van der Waals surface area contributed by atoms with Gasteiger partial charge >= 0.3 is 4.84 Å². The van der Waals surface area contributed by atoms with E-state index in [1.54, 1.807) is 0 Å². The smallest absolute Gasteiger partial charge is 0.321 e. The lowest BCUT2D eigenvalue weighted by Gasteiger charge is -1.57. The van der Waals surface area contributed by atoms with Crippen LogP contribution in [-0.4, -0.2) is 13.4 Å². The third kappa shape index (κ3) is 0.812. The summed E-state index contributed by atoms with van der Waals surface area (Å²) in [5.74, 6) is 0. The lowest BCUT2D eigenvalue weighted by Crippen LogP contribution is -1.62. The van der Waals surface area contributed by atoms with Gasteiger partial charge in [-0.3, -0.25) is 0 Å². The zero-order valence-electron chi connectivity index (χ0n) is 3.79. The molecule has 1 rings (SSSR count). The predicted octanol–water partition coefficient (Wildman–Crippen LogP) is 0.0188. The first-order valence-electron chi connectivity index (χ1n) is 1.85. The Morgan fingerprint density at radius 3 is 2.62 bits per heavy atom. The van der Waals surface area contributed by atoms with Gasteiger partial charge in [0.15, 0.2) is 0 Å². The van der Waals surface area contributed by atoms with Crippen molar-refractivity contribution in [3.63, 3.8) is 0 Å². The highest BCUT2D eigenvalue weighted by Crippen LogP contribution is 1.79. The lowest BCUT2D eigenvalue weighted by molar-refractivity contribution is 0.529. The minimum Gasteiger partial charge on any atom is -0.435 e. The SMILES string of the molecule is O=S(=O)=c1[nH]cco1. The third-order valence-electron chi connectivity index (χ3n) is 0.596. The van der Waals surface area contributed by atoms with E-state index in [4.69, 9.17) is 0 Å². The maximum atomic E-state index is 9.94. The van der Waals surface area contributed by atoms with Crippen LogP contribution in [0.3, 0.4) is 0 Å². The first-order valence-corrected chi connectivity index (χ1v) is 2.92. The second-order valence-corrected chi connectivity index (χ2v) is 1.93. The zero-order chi connectivity index (χ0) is 5.98. The number of H-pyrrole nitrogens is 1. The molecule has 1 aromatic heterocycles. The van der Waals surface area contributed by atoms with Gasteiger partial charge in [0.05, 0.1) is 0 Å². The fourth-order valence-corrected chi connectivity index (χ4v) is 0.618. The first kappa shape index (κ1) is 5.17. The van der Waals surface area contributed by atoms with Crippen molar-refractivity contribution in [2.75, 3.05) is 0 Å². The normalized spacial score (nSPS) is 9.00. The molecule has 1 N–H and O–H groups in total. The average molecular weight is 133 g/mol. The molecule has 0 amide bonds. The van der Waals surface area contributed by atoms with Gasteiger partial charge in [0, 0.05) is 6.20 Å². The van der Waals surface area contributed by atoms with Gasteiger partial charge in [0.2, 0.25) is 0 Å². The molecular formula is C3H3NO3S. The van der Waals surface area contributed by atoms with Crippen molar-refractivity contribution in [2.45, 2.75) is 0 Å². The highest BCUT2D eigenvalue weighted by Gasteiger charge is 1.78. The minimum atomic E-state index is -2.27. The summed E-state index contributed by atoms with van der Waals surface area (Å²) in [7, 11) is -2.27. The number of aromatic amines is 1. The molecule has 0 bridgehead atoms. The summed E-state index contributed by atoms with van der Waals surface area (Å²) in [4.78, 5) is 2.21. The molecule has 44 valence electrons. The molecule has 0 aliphatic heterocycles. The van der Waals surface area contributed by atoms with E-state index in [1.807, 2.05) is 0 Å². The van der Waals surface area contributed by atoms with Gasteiger partial charge in [-0.25, -0.2) is 0 Å². The van der Waals surface area contributed by atoms with Crippen LogP contribution in [0.25, 0.3) is 0 Å². The summed E-state index contributed by atoms with van der Waals surface area (Å²) in [6.07, 6.45) is 2.65. The van der Waals surface area contributed by atoms with E-state index in [0.717, 1.165) is 0 Å². The van der Waals surface area contributed by atoms with Crippen molar-refractivity contribution < 1.29 is 12.8 Å².